The van der Waals surface area contributed by atoms with Gasteiger partial charge in [-0.2, -0.15) is 0 Å². The van der Waals surface area contributed by atoms with Crippen LogP contribution in [0.25, 0.3) is 0 Å². The summed E-state index contributed by atoms with van der Waals surface area (Å²) in [6, 6.07) is 9.13. The molecule has 1 N–H and O–H groups in total. The van der Waals surface area contributed by atoms with Gasteiger partial charge in [-0.15, -0.1) is 0 Å². The molecule has 126 valence electrons. The standard InChI is InChI=1S/C18H18FNO4/c1-11-4-7-16(23-3)15(8-11)20-17(21)10-24-18(22)14-9-13(19)6-5-12(14)2/h4-9H,10H2,1-3H3,(H,20,21). The minimum Gasteiger partial charge on any atom is -0.495 e. The van der Waals surface area contributed by atoms with Crippen molar-refractivity contribution in [2.45, 2.75) is 13.8 Å². The van der Waals surface area contributed by atoms with E-state index in [4.69, 9.17) is 9.47 Å². The molecule has 0 atom stereocenters. The maximum Gasteiger partial charge on any atom is 0.339 e. The van der Waals surface area contributed by atoms with E-state index < -0.39 is 24.3 Å². The number of carbonyl (C=O) groups excluding carboxylic acids is 2. The average Bonchev–Trinajstić information content (AvgIpc) is 2.55. The van der Waals surface area contributed by atoms with Crippen molar-refractivity contribution in [3.63, 3.8) is 0 Å². The summed E-state index contributed by atoms with van der Waals surface area (Å²) in [5.74, 6) is -1.30. The van der Waals surface area contributed by atoms with E-state index in [0.29, 0.717) is 17.0 Å². The van der Waals surface area contributed by atoms with Crippen LogP contribution in [0.5, 0.6) is 5.75 Å². The molecule has 0 spiro atoms. The molecule has 0 aliphatic heterocycles. The first-order valence-corrected chi connectivity index (χ1v) is 7.28. The molecule has 0 bridgehead atoms. The topological polar surface area (TPSA) is 64.6 Å². The molecule has 1 amide bonds. The summed E-state index contributed by atoms with van der Waals surface area (Å²) in [5.41, 5.74) is 2.09. The Balaban J connectivity index is 2.00. The van der Waals surface area contributed by atoms with Gasteiger partial charge in [-0.25, -0.2) is 9.18 Å². The lowest BCUT2D eigenvalue weighted by Crippen LogP contribution is -2.21. The van der Waals surface area contributed by atoms with Crippen LogP contribution >= 0.6 is 0 Å². The number of aryl methyl sites for hydroxylation is 2. The number of carbonyl (C=O) groups is 2. The minimum absolute atomic E-state index is 0.0935. The second-order valence-corrected chi connectivity index (χ2v) is 5.29. The third-order valence-electron chi connectivity index (χ3n) is 3.38. The van der Waals surface area contributed by atoms with Crippen molar-refractivity contribution in [1.29, 1.82) is 0 Å². The van der Waals surface area contributed by atoms with E-state index in [-0.39, 0.29) is 5.56 Å². The smallest absolute Gasteiger partial charge is 0.339 e. The highest BCUT2D eigenvalue weighted by Crippen LogP contribution is 2.25. The molecular weight excluding hydrogens is 313 g/mol. The van der Waals surface area contributed by atoms with Gasteiger partial charge in [-0.1, -0.05) is 12.1 Å². The first kappa shape index (κ1) is 17.5. The fourth-order valence-electron chi connectivity index (χ4n) is 2.13. The van der Waals surface area contributed by atoms with Crippen molar-refractivity contribution in [1.82, 2.24) is 0 Å². The van der Waals surface area contributed by atoms with Crippen LogP contribution in [0.1, 0.15) is 21.5 Å². The van der Waals surface area contributed by atoms with Crippen LogP contribution in [0, 0.1) is 19.7 Å². The highest BCUT2D eigenvalue weighted by atomic mass is 19.1. The van der Waals surface area contributed by atoms with Crippen molar-refractivity contribution in [2.24, 2.45) is 0 Å². The Labute approximate surface area is 139 Å². The van der Waals surface area contributed by atoms with E-state index in [0.717, 1.165) is 11.6 Å². The highest BCUT2D eigenvalue weighted by molar-refractivity contribution is 5.96. The summed E-state index contributed by atoms with van der Waals surface area (Å²) in [6.07, 6.45) is 0. The van der Waals surface area contributed by atoms with Gasteiger partial charge >= 0.3 is 5.97 Å². The van der Waals surface area contributed by atoms with E-state index in [2.05, 4.69) is 5.32 Å². The number of methoxy groups -OCH3 is 1. The normalized spacial score (nSPS) is 10.2. The molecule has 0 unspecified atom stereocenters. The number of benzene rings is 2. The SMILES string of the molecule is COc1ccc(C)cc1NC(=O)COC(=O)c1cc(F)ccc1C. The average molecular weight is 331 g/mol. The van der Waals surface area contributed by atoms with Gasteiger partial charge in [0.1, 0.15) is 11.6 Å². The van der Waals surface area contributed by atoms with Gasteiger partial charge in [0.2, 0.25) is 0 Å². The molecule has 0 saturated heterocycles. The number of nitrogens with one attached hydrogen (secondary N) is 1. The van der Waals surface area contributed by atoms with Crippen molar-refractivity contribution < 1.29 is 23.5 Å². The zero-order valence-corrected chi connectivity index (χ0v) is 13.7. The summed E-state index contributed by atoms with van der Waals surface area (Å²) in [4.78, 5) is 23.9. The van der Waals surface area contributed by atoms with E-state index >= 15 is 0 Å². The van der Waals surface area contributed by atoms with Gasteiger partial charge < -0.3 is 14.8 Å². The molecule has 0 fully saturated rings. The molecule has 0 aliphatic carbocycles. The quantitative estimate of drug-likeness (QED) is 0.854. The zero-order chi connectivity index (χ0) is 17.7. The molecule has 0 radical (unpaired) electrons. The number of hydrogen-bond donors (Lipinski definition) is 1. The van der Waals surface area contributed by atoms with Crippen LogP contribution < -0.4 is 10.1 Å². The summed E-state index contributed by atoms with van der Waals surface area (Å²) < 4.78 is 23.3. The molecule has 0 aliphatic rings. The molecule has 5 nitrogen and oxygen atoms in total. The Morgan fingerprint density at radius 3 is 2.58 bits per heavy atom. The number of hydrogen-bond acceptors (Lipinski definition) is 4. The molecule has 0 aromatic heterocycles. The first-order valence-electron chi connectivity index (χ1n) is 7.28. The number of rotatable bonds is 5. The van der Waals surface area contributed by atoms with E-state index in [1.54, 1.807) is 19.1 Å². The number of ether oxygens (including phenoxy) is 2. The lowest BCUT2D eigenvalue weighted by Gasteiger charge is -2.11. The van der Waals surface area contributed by atoms with Gasteiger partial charge in [0.15, 0.2) is 6.61 Å². The molecule has 6 heteroatoms. The minimum atomic E-state index is -0.752. The van der Waals surface area contributed by atoms with E-state index in [9.17, 15) is 14.0 Å². The van der Waals surface area contributed by atoms with Gasteiger partial charge in [0.05, 0.1) is 18.4 Å². The zero-order valence-electron chi connectivity index (χ0n) is 13.7. The highest BCUT2D eigenvalue weighted by Gasteiger charge is 2.14. The van der Waals surface area contributed by atoms with Crippen LogP contribution in [-0.2, 0) is 9.53 Å². The summed E-state index contributed by atoms with van der Waals surface area (Å²) in [5, 5.41) is 2.62. The largest absolute Gasteiger partial charge is 0.495 e. The first-order chi connectivity index (χ1) is 11.4. The van der Waals surface area contributed by atoms with E-state index in [1.807, 2.05) is 13.0 Å². The van der Waals surface area contributed by atoms with Crippen LogP contribution in [-0.4, -0.2) is 25.6 Å². The fraction of sp³-hybridized carbons (Fsp3) is 0.222. The van der Waals surface area contributed by atoms with Gasteiger partial charge in [-0.05, 0) is 49.2 Å². The Bertz CT molecular complexity index is 774. The molecule has 0 heterocycles. The number of amides is 1. The van der Waals surface area contributed by atoms with Gasteiger partial charge in [0, 0.05) is 0 Å². The van der Waals surface area contributed by atoms with Crippen LogP contribution in [0.4, 0.5) is 10.1 Å². The summed E-state index contributed by atoms with van der Waals surface area (Å²) in [7, 11) is 1.49. The Kier molecular flexibility index (Phi) is 5.52. The fourth-order valence-corrected chi connectivity index (χ4v) is 2.13. The van der Waals surface area contributed by atoms with E-state index in [1.165, 1.54) is 19.2 Å². The van der Waals surface area contributed by atoms with Crippen LogP contribution in [0.3, 0.4) is 0 Å². The van der Waals surface area contributed by atoms with Crippen LogP contribution in [0.15, 0.2) is 36.4 Å². The number of anilines is 1. The number of esters is 1. The second kappa shape index (κ2) is 7.59. The Hall–Kier alpha value is -2.89. The van der Waals surface area contributed by atoms with Crippen molar-refractivity contribution in [2.75, 3.05) is 19.0 Å². The van der Waals surface area contributed by atoms with Gasteiger partial charge in [-0.3, -0.25) is 4.79 Å². The number of halogens is 1. The second-order valence-electron chi connectivity index (χ2n) is 5.29. The third kappa shape index (κ3) is 4.32. The molecule has 2 aromatic carbocycles. The molecular formula is C18H18FNO4. The third-order valence-corrected chi connectivity index (χ3v) is 3.38. The van der Waals surface area contributed by atoms with Crippen molar-refractivity contribution in [3.05, 3.63) is 58.9 Å². The Morgan fingerprint density at radius 1 is 1.12 bits per heavy atom. The molecule has 2 rings (SSSR count). The molecule has 2 aromatic rings. The maximum absolute atomic E-state index is 13.2. The summed E-state index contributed by atoms with van der Waals surface area (Å²) >= 11 is 0. The summed E-state index contributed by atoms with van der Waals surface area (Å²) in [6.45, 7) is 3.06. The lowest BCUT2D eigenvalue weighted by molar-refractivity contribution is -0.119. The molecule has 0 saturated carbocycles. The van der Waals surface area contributed by atoms with Gasteiger partial charge in [0.25, 0.3) is 5.91 Å². The lowest BCUT2D eigenvalue weighted by atomic mass is 10.1. The van der Waals surface area contributed by atoms with Crippen molar-refractivity contribution in [3.8, 4) is 5.75 Å². The predicted octanol–water partition coefficient (Wildman–Crippen LogP) is 3.25. The molecule has 24 heavy (non-hydrogen) atoms. The maximum atomic E-state index is 13.2. The Morgan fingerprint density at radius 2 is 1.88 bits per heavy atom. The monoisotopic (exact) mass is 331 g/mol. The predicted molar refractivity (Wildman–Crippen MR) is 87.8 cm³/mol. The van der Waals surface area contributed by atoms with Crippen molar-refractivity contribution >= 4 is 17.6 Å². The van der Waals surface area contributed by atoms with Crippen LogP contribution in [0.2, 0.25) is 0 Å².